The van der Waals surface area contributed by atoms with Gasteiger partial charge in [-0.05, 0) is 25.5 Å². The highest BCUT2D eigenvalue weighted by Gasteiger charge is 2.27. The molecule has 0 amide bonds. The minimum atomic E-state index is 0.194. The molecule has 0 aliphatic carbocycles. The molecule has 0 spiro atoms. The van der Waals surface area contributed by atoms with E-state index in [9.17, 15) is 0 Å². The lowest BCUT2D eigenvalue weighted by Gasteiger charge is -2.25. The highest BCUT2D eigenvalue weighted by Crippen LogP contribution is 2.34. The highest BCUT2D eigenvalue weighted by molar-refractivity contribution is 5.90. The standard InChI is InChI=1S/C14H16N6/c1-9-12-13-16-8-6-11(10-5-3-4-7-15-10)20(13)18-14(12)19(2)17-9/h3-5,7,11,16H,6,8H2,1-2H3. The molecule has 4 heterocycles. The van der Waals surface area contributed by atoms with Crippen molar-refractivity contribution in [3.05, 3.63) is 35.8 Å². The molecule has 1 atom stereocenters. The molecule has 20 heavy (non-hydrogen) atoms. The van der Waals surface area contributed by atoms with E-state index in [1.54, 1.807) is 0 Å². The third kappa shape index (κ3) is 1.47. The van der Waals surface area contributed by atoms with Crippen LogP contribution < -0.4 is 5.32 Å². The minimum Gasteiger partial charge on any atom is -0.370 e. The van der Waals surface area contributed by atoms with Gasteiger partial charge < -0.3 is 5.32 Å². The number of anilines is 1. The Morgan fingerprint density at radius 2 is 2.20 bits per heavy atom. The number of hydrogen-bond donors (Lipinski definition) is 1. The fourth-order valence-electron chi connectivity index (χ4n) is 3.00. The first-order chi connectivity index (χ1) is 9.75. The largest absolute Gasteiger partial charge is 0.370 e. The maximum atomic E-state index is 4.75. The number of nitrogens with zero attached hydrogens (tertiary/aromatic N) is 5. The van der Waals surface area contributed by atoms with Gasteiger partial charge in [-0.1, -0.05) is 6.07 Å². The van der Waals surface area contributed by atoms with Crippen LogP contribution >= 0.6 is 0 Å². The molecule has 0 radical (unpaired) electrons. The van der Waals surface area contributed by atoms with Gasteiger partial charge in [0, 0.05) is 19.8 Å². The molecule has 1 N–H and O–H groups in total. The van der Waals surface area contributed by atoms with Gasteiger partial charge in [0.15, 0.2) is 5.65 Å². The Hall–Kier alpha value is -2.37. The second-order valence-electron chi connectivity index (χ2n) is 5.19. The summed E-state index contributed by atoms with van der Waals surface area (Å²) in [5.41, 5.74) is 3.00. The number of aryl methyl sites for hydroxylation is 2. The molecule has 1 unspecified atom stereocenters. The van der Waals surface area contributed by atoms with Gasteiger partial charge in [0.25, 0.3) is 0 Å². The number of aromatic nitrogens is 5. The summed E-state index contributed by atoms with van der Waals surface area (Å²) in [5.74, 6) is 1.06. The molecular formula is C14H16N6. The Morgan fingerprint density at radius 3 is 3.00 bits per heavy atom. The lowest BCUT2D eigenvalue weighted by Crippen LogP contribution is -2.25. The summed E-state index contributed by atoms with van der Waals surface area (Å²) < 4.78 is 3.90. The maximum Gasteiger partial charge on any atom is 0.182 e. The van der Waals surface area contributed by atoms with Crippen molar-refractivity contribution in [1.29, 1.82) is 0 Å². The average molecular weight is 268 g/mol. The van der Waals surface area contributed by atoms with E-state index in [-0.39, 0.29) is 6.04 Å². The second-order valence-corrected chi connectivity index (χ2v) is 5.19. The van der Waals surface area contributed by atoms with E-state index in [1.165, 1.54) is 0 Å². The smallest absolute Gasteiger partial charge is 0.182 e. The Bertz CT molecular complexity index is 770. The number of rotatable bonds is 1. The first-order valence-electron chi connectivity index (χ1n) is 6.82. The average Bonchev–Trinajstić information content (AvgIpc) is 2.99. The van der Waals surface area contributed by atoms with Crippen LogP contribution in [0.3, 0.4) is 0 Å². The van der Waals surface area contributed by atoms with Crippen molar-refractivity contribution >= 4 is 16.9 Å². The molecule has 3 aromatic heterocycles. The van der Waals surface area contributed by atoms with Gasteiger partial charge in [0.2, 0.25) is 0 Å². The van der Waals surface area contributed by atoms with Gasteiger partial charge in [-0.25, -0.2) is 9.36 Å². The molecule has 0 aromatic carbocycles. The predicted molar refractivity (Wildman–Crippen MR) is 76.7 cm³/mol. The van der Waals surface area contributed by atoms with Crippen molar-refractivity contribution in [1.82, 2.24) is 24.5 Å². The van der Waals surface area contributed by atoms with Crippen molar-refractivity contribution < 1.29 is 0 Å². The van der Waals surface area contributed by atoms with E-state index in [0.29, 0.717) is 0 Å². The third-order valence-electron chi connectivity index (χ3n) is 3.89. The molecule has 0 saturated heterocycles. The molecule has 6 heteroatoms. The van der Waals surface area contributed by atoms with Crippen molar-refractivity contribution in [2.24, 2.45) is 7.05 Å². The summed E-state index contributed by atoms with van der Waals surface area (Å²) in [7, 11) is 1.93. The molecule has 102 valence electrons. The highest BCUT2D eigenvalue weighted by atomic mass is 15.4. The Morgan fingerprint density at radius 1 is 1.30 bits per heavy atom. The van der Waals surface area contributed by atoms with E-state index < -0.39 is 0 Å². The van der Waals surface area contributed by atoms with Gasteiger partial charge in [0.05, 0.1) is 22.8 Å². The summed E-state index contributed by atoms with van der Waals surface area (Å²) in [6.45, 7) is 2.95. The van der Waals surface area contributed by atoms with E-state index in [4.69, 9.17) is 5.10 Å². The van der Waals surface area contributed by atoms with Gasteiger partial charge in [-0.15, -0.1) is 0 Å². The fourth-order valence-corrected chi connectivity index (χ4v) is 3.00. The molecule has 0 fully saturated rings. The Labute approximate surface area is 116 Å². The zero-order chi connectivity index (χ0) is 13.7. The Balaban J connectivity index is 1.94. The molecule has 1 aliphatic rings. The van der Waals surface area contributed by atoms with Crippen molar-refractivity contribution in [3.63, 3.8) is 0 Å². The van der Waals surface area contributed by atoms with Crippen LogP contribution in [0.1, 0.15) is 23.9 Å². The van der Waals surface area contributed by atoms with Crippen molar-refractivity contribution in [3.8, 4) is 0 Å². The summed E-state index contributed by atoms with van der Waals surface area (Å²) >= 11 is 0. The van der Waals surface area contributed by atoms with E-state index in [2.05, 4.69) is 26.1 Å². The zero-order valence-electron chi connectivity index (χ0n) is 11.5. The van der Waals surface area contributed by atoms with Gasteiger partial charge in [-0.2, -0.15) is 10.2 Å². The predicted octanol–water partition coefficient (Wildman–Crippen LogP) is 1.88. The van der Waals surface area contributed by atoms with E-state index >= 15 is 0 Å². The fraction of sp³-hybridized carbons (Fsp3) is 0.357. The molecule has 0 saturated carbocycles. The first-order valence-corrected chi connectivity index (χ1v) is 6.82. The summed E-state index contributed by atoms with van der Waals surface area (Å²) in [4.78, 5) is 4.49. The third-order valence-corrected chi connectivity index (χ3v) is 3.89. The summed E-state index contributed by atoms with van der Waals surface area (Å²) in [5, 5.41) is 13.8. The molecule has 6 nitrogen and oxygen atoms in total. The van der Waals surface area contributed by atoms with Crippen molar-refractivity contribution in [2.45, 2.75) is 19.4 Å². The lowest BCUT2D eigenvalue weighted by molar-refractivity contribution is 0.472. The quantitative estimate of drug-likeness (QED) is 0.732. The van der Waals surface area contributed by atoms with Gasteiger partial charge >= 0.3 is 0 Å². The number of nitrogens with one attached hydrogen (secondary N) is 1. The van der Waals surface area contributed by atoms with E-state index in [0.717, 1.165) is 41.2 Å². The maximum absolute atomic E-state index is 4.75. The van der Waals surface area contributed by atoms with Crippen molar-refractivity contribution in [2.75, 3.05) is 11.9 Å². The second kappa shape index (κ2) is 4.06. The first kappa shape index (κ1) is 11.5. The van der Waals surface area contributed by atoms with Crippen LogP contribution in [-0.4, -0.2) is 31.1 Å². The van der Waals surface area contributed by atoms with Gasteiger partial charge in [-0.3, -0.25) is 4.98 Å². The molecule has 0 bridgehead atoms. The zero-order valence-corrected chi connectivity index (χ0v) is 11.5. The summed E-state index contributed by atoms with van der Waals surface area (Å²) in [6, 6.07) is 6.23. The van der Waals surface area contributed by atoms with Crippen LogP contribution in [0.5, 0.6) is 0 Å². The van der Waals surface area contributed by atoms with Crippen LogP contribution in [-0.2, 0) is 7.05 Å². The van der Waals surface area contributed by atoms with E-state index in [1.807, 2.05) is 37.0 Å². The minimum absolute atomic E-state index is 0.194. The van der Waals surface area contributed by atoms with Crippen LogP contribution in [0.15, 0.2) is 24.4 Å². The number of hydrogen-bond acceptors (Lipinski definition) is 4. The normalized spacial score (nSPS) is 18.0. The van der Waals surface area contributed by atoms with Crippen LogP contribution in [0.25, 0.3) is 11.0 Å². The monoisotopic (exact) mass is 268 g/mol. The number of fused-ring (bicyclic) bond motifs is 3. The number of pyridine rings is 1. The Kier molecular flexibility index (Phi) is 2.33. The molecular weight excluding hydrogens is 252 g/mol. The topological polar surface area (TPSA) is 60.6 Å². The van der Waals surface area contributed by atoms with Gasteiger partial charge in [0.1, 0.15) is 5.82 Å². The molecule has 4 rings (SSSR count). The molecule has 1 aliphatic heterocycles. The van der Waals surface area contributed by atoms with Crippen LogP contribution in [0.4, 0.5) is 5.82 Å². The SMILES string of the molecule is Cc1nn(C)c2nn3c(c12)NCCC3c1ccccn1. The van der Waals surface area contributed by atoms with Crippen LogP contribution in [0, 0.1) is 6.92 Å². The molecule has 3 aromatic rings. The summed E-state index contributed by atoms with van der Waals surface area (Å²) in [6.07, 6.45) is 2.83. The van der Waals surface area contributed by atoms with Crippen LogP contribution in [0.2, 0.25) is 0 Å². The lowest BCUT2D eigenvalue weighted by atomic mass is 10.1.